The summed E-state index contributed by atoms with van der Waals surface area (Å²) in [4.78, 5) is 2.67. The SMILES string of the molecule is Cc1cccc(C(C)N2CCC(C3CCCN3)CC2)c1. The second-order valence-electron chi connectivity index (χ2n) is 6.67. The Morgan fingerprint density at radius 2 is 2.00 bits per heavy atom. The van der Waals surface area contributed by atoms with Crippen molar-refractivity contribution < 1.29 is 0 Å². The van der Waals surface area contributed by atoms with E-state index in [9.17, 15) is 0 Å². The van der Waals surface area contributed by atoms with Crippen LogP contribution in [0.25, 0.3) is 0 Å². The van der Waals surface area contributed by atoms with Crippen LogP contribution in [0, 0.1) is 12.8 Å². The zero-order chi connectivity index (χ0) is 13.9. The first-order chi connectivity index (χ1) is 9.74. The lowest BCUT2D eigenvalue weighted by Crippen LogP contribution is -2.41. The van der Waals surface area contributed by atoms with Gasteiger partial charge in [0.1, 0.15) is 0 Å². The first-order valence-electron chi connectivity index (χ1n) is 8.28. The first-order valence-corrected chi connectivity index (χ1v) is 8.28. The van der Waals surface area contributed by atoms with Crippen molar-refractivity contribution in [2.75, 3.05) is 19.6 Å². The molecule has 2 heteroatoms. The molecule has 2 saturated heterocycles. The van der Waals surface area contributed by atoms with Crippen LogP contribution in [-0.4, -0.2) is 30.6 Å². The summed E-state index contributed by atoms with van der Waals surface area (Å²) in [5.41, 5.74) is 2.85. The van der Waals surface area contributed by atoms with Gasteiger partial charge in [0.05, 0.1) is 0 Å². The number of nitrogens with one attached hydrogen (secondary N) is 1. The smallest absolute Gasteiger partial charge is 0.0319 e. The van der Waals surface area contributed by atoms with Gasteiger partial charge in [-0.05, 0) is 70.6 Å². The van der Waals surface area contributed by atoms with Crippen molar-refractivity contribution in [2.24, 2.45) is 5.92 Å². The number of benzene rings is 1. The van der Waals surface area contributed by atoms with Gasteiger partial charge in [0.2, 0.25) is 0 Å². The predicted molar refractivity (Wildman–Crippen MR) is 84.9 cm³/mol. The maximum Gasteiger partial charge on any atom is 0.0319 e. The van der Waals surface area contributed by atoms with E-state index in [1.165, 1.54) is 56.4 Å². The maximum atomic E-state index is 3.69. The monoisotopic (exact) mass is 272 g/mol. The lowest BCUT2D eigenvalue weighted by Gasteiger charge is -2.38. The van der Waals surface area contributed by atoms with Gasteiger partial charge in [-0.2, -0.15) is 0 Å². The van der Waals surface area contributed by atoms with Gasteiger partial charge in [-0.25, -0.2) is 0 Å². The largest absolute Gasteiger partial charge is 0.314 e. The van der Waals surface area contributed by atoms with Crippen molar-refractivity contribution in [2.45, 2.75) is 51.6 Å². The van der Waals surface area contributed by atoms with Crippen molar-refractivity contribution in [3.8, 4) is 0 Å². The van der Waals surface area contributed by atoms with E-state index in [4.69, 9.17) is 0 Å². The van der Waals surface area contributed by atoms with Crippen molar-refractivity contribution in [3.05, 3.63) is 35.4 Å². The molecule has 2 heterocycles. The number of rotatable bonds is 3. The minimum atomic E-state index is 0.562. The van der Waals surface area contributed by atoms with Crippen molar-refractivity contribution in [1.29, 1.82) is 0 Å². The van der Waals surface area contributed by atoms with E-state index >= 15 is 0 Å². The minimum absolute atomic E-state index is 0.562. The predicted octanol–water partition coefficient (Wildman–Crippen LogP) is 3.52. The van der Waals surface area contributed by atoms with E-state index in [1.807, 2.05) is 0 Å². The molecule has 0 radical (unpaired) electrons. The highest BCUT2D eigenvalue weighted by atomic mass is 15.2. The van der Waals surface area contributed by atoms with Crippen molar-refractivity contribution in [1.82, 2.24) is 10.2 Å². The Bertz CT molecular complexity index is 429. The number of piperidine rings is 1. The topological polar surface area (TPSA) is 15.3 Å². The quantitative estimate of drug-likeness (QED) is 0.905. The third-order valence-corrected chi connectivity index (χ3v) is 5.31. The summed E-state index contributed by atoms with van der Waals surface area (Å²) >= 11 is 0. The molecule has 0 aliphatic carbocycles. The molecule has 2 atom stereocenters. The molecule has 2 unspecified atom stereocenters. The Kier molecular flexibility index (Phi) is 4.42. The number of nitrogens with zero attached hydrogens (tertiary/aromatic N) is 1. The van der Waals surface area contributed by atoms with E-state index in [-0.39, 0.29) is 0 Å². The molecule has 0 spiro atoms. The van der Waals surface area contributed by atoms with Gasteiger partial charge in [0, 0.05) is 12.1 Å². The molecule has 1 aromatic rings. The molecule has 0 saturated carbocycles. The number of hydrogen-bond acceptors (Lipinski definition) is 2. The Morgan fingerprint density at radius 3 is 2.65 bits per heavy atom. The van der Waals surface area contributed by atoms with Crippen LogP contribution in [0.3, 0.4) is 0 Å². The fourth-order valence-electron chi connectivity index (χ4n) is 3.96. The number of aryl methyl sites for hydroxylation is 1. The van der Waals surface area contributed by atoms with Gasteiger partial charge in [-0.3, -0.25) is 4.90 Å². The van der Waals surface area contributed by atoms with Crippen molar-refractivity contribution in [3.63, 3.8) is 0 Å². The summed E-state index contributed by atoms with van der Waals surface area (Å²) in [6, 6.07) is 10.4. The second-order valence-corrected chi connectivity index (χ2v) is 6.67. The van der Waals surface area contributed by atoms with E-state index < -0.39 is 0 Å². The summed E-state index contributed by atoms with van der Waals surface area (Å²) in [7, 11) is 0. The third-order valence-electron chi connectivity index (χ3n) is 5.31. The first kappa shape index (κ1) is 14.1. The van der Waals surface area contributed by atoms with E-state index in [0.717, 1.165) is 12.0 Å². The summed E-state index contributed by atoms with van der Waals surface area (Å²) in [5, 5.41) is 3.69. The molecule has 3 rings (SSSR count). The summed E-state index contributed by atoms with van der Waals surface area (Å²) in [5.74, 6) is 0.915. The van der Waals surface area contributed by atoms with Gasteiger partial charge in [0.25, 0.3) is 0 Å². The lowest BCUT2D eigenvalue weighted by atomic mass is 9.87. The second kappa shape index (κ2) is 6.28. The molecule has 0 bridgehead atoms. The zero-order valence-electron chi connectivity index (χ0n) is 12.9. The molecular weight excluding hydrogens is 244 g/mol. The normalized spacial score (nSPS) is 26.8. The zero-order valence-corrected chi connectivity index (χ0v) is 12.9. The van der Waals surface area contributed by atoms with Gasteiger partial charge >= 0.3 is 0 Å². The molecule has 0 aromatic heterocycles. The van der Waals surface area contributed by atoms with Crippen LogP contribution >= 0.6 is 0 Å². The average Bonchev–Trinajstić information content (AvgIpc) is 3.01. The molecule has 2 aliphatic heterocycles. The summed E-state index contributed by atoms with van der Waals surface area (Å²) < 4.78 is 0. The molecule has 110 valence electrons. The highest BCUT2D eigenvalue weighted by Gasteiger charge is 2.29. The van der Waals surface area contributed by atoms with Gasteiger partial charge in [-0.15, -0.1) is 0 Å². The fraction of sp³-hybridized carbons (Fsp3) is 0.667. The molecule has 20 heavy (non-hydrogen) atoms. The van der Waals surface area contributed by atoms with Crippen LogP contribution in [0.2, 0.25) is 0 Å². The molecule has 0 amide bonds. The Hall–Kier alpha value is -0.860. The van der Waals surface area contributed by atoms with E-state index in [2.05, 4.69) is 48.3 Å². The maximum absolute atomic E-state index is 3.69. The van der Waals surface area contributed by atoms with E-state index in [0.29, 0.717) is 6.04 Å². The summed E-state index contributed by atoms with van der Waals surface area (Å²) in [6.07, 6.45) is 5.52. The molecule has 2 fully saturated rings. The van der Waals surface area contributed by atoms with Crippen molar-refractivity contribution >= 4 is 0 Å². The van der Waals surface area contributed by atoms with E-state index in [1.54, 1.807) is 0 Å². The van der Waals surface area contributed by atoms with Crippen LogP contribution in [0.1, 0.15) is 49.8 Å². The van der Waals surface area contributed by atoms with Crippen LogP contribution in [-0.2, 0) is 0 Å². The van der Waals surface area contributed by atoms with Crippen LogP contribution in [0.4, 0.5) is 0 Å². The van der Waals surface area contributed by atoms with Crippen LogP contribution < -0.4 is 5.32 Å². The Balaban J connectivity index is 1.57. The van der Waals surface area contributed by atoms with Crippen LogP contribution in [0.15, 0.2) is 24.3 Å². The standard InChI is InChI=1S/C18H28N2/c1-14-5-3-6-17(13-14)15(2)20-11-8-16(9-12-20)18-7-4-10-19-18/h3,5-6,13,15-16,18-19H,4,7-12H2,1-2H3. The highest BCUT2D eigenvalue weighted by Crippen LogP contribution is 2.30. The van der Waals surface area contributed by atoms with Gasteiger partial charge in [0.15, 0.2) is 0 Å². The molecule has 1 N–H and O–H groups in total. The minimum Gasteiger partial charge on any atom is -0.314 e. The fourth-order valence-corrected chi connectivity index (χ4v) is 3.96. The highest BCUT2D eigenvalue weighted by molar-refractivity contribution is 5.24. The Labute approximate surface area is 123 Å². The molecule has 2 nitrogen and oxygen atoms in total. The number of hydrogen-bond donors (Lipinski definition) is 1. The molecular formula is C18H28N2. The summed E-state index contributed by atoms with van der Waals surface area (Å²) in [6.45, 7) is 8.32. The van der Waals surface area contributed by atoms with Gasteiger partial charge < -0.3 is 5.32 Å². The average molecular weight is 272 g/mol. The molecule has 2 aliphatic rings. The number of likely N-dealkylation sites (tertiary alicyclic amines) is 1. The van der Waals surface area contributed by atoms with Crippen LogP contribution in [0.5, 0.6) is 0 Å². The molecule has 1 aromatic carbocycles. The lowest BCUT2D eigenvalue weighted by molar-refractivity contribution is 0.126. The third kappa shape index (κ3) is 3.07. The Morgan fingerprint density at radius 1 is 1.20 bits per heavy atom. The van der Waals surface area contributed by atoms with Gasteiger partial charge in [-0.1, -0.05) is 29.8 Å².